The molecule has 0 aliphatic heterocycles. The zero-order chi connectivity index (χ0) is 14.0. The van der Waals surface area contributed by atoms with Gasteiger partial charge in [-0.25, -0.2) is 4.39 Å². The van der Waals surface area contributed by atoms with Crippen LogP contribution in [0.3, 0.4) is 0 Å². The summed E-state index contributed by atoms with van der Waals surface area (Å²) < 4.78 is 13.4. The molecule has 104 valence electrons. The van der Waals surface area contributed by atoms with Crippen molar-refractivity contribution in [2.45, 2.75) is 45.1 Å². The summed E-state index contributed by atoms with van der Waals surface area (Å²) in [6.45, 7) is 3.80. The summed E-state index contributed by atoms with van der Waals surface area (Å²) in [5, 5.41) is 2.74. The fourth-order valence-electron chi connectivity index (χ4n) is 2.72. The van der Waals surface area contributed by atoms with Crippen molar-refractivity contribution >= 4 is 11.6 Å². The Hall–Kier alpha value is -1.42. The third-order valence-electron chi connectivity index (χ3n) is 3.91. The Morgan fingerprint density at radius 3 is 2.89 bits per heavy atom. The average Bonchev–Trinajstić information content (AvgIpc) is 2.33. The van der Waals surface area contributed by atoms with E-state index >= 15 is 0 Å². The predicted octanol–water partition coefficient (Wildman–Crippen LogP) is 2.98. The van der Waals surface area contributed by atoms with Gasteiger partial charge in [-0.3, -0.25) is 4.79 Å². The van der Waals surface area contributed by atoms with Gasteiger partial charge in [-0.1, -0.05) is 25.8 Å². The molecule has 1 aliphatic rings. The van der Waals surface area contributed by atoms with E-state index in [9.17, 15) is 9.18 Å². The Balaban J connectivity index is 2.09. The number of carbonyl (C=O) groups excluding carboxylic acids is 1. The summed E-state index contributed by atoms with van der Waals surface area (Å²) >= 11 is 0. The SMILES string of the molecule is Cc1ccc(NC(=O)C2(N)CCCC(C)C2)cc1F. The Morgan fingerprint density at radius 1 is 1.53 bits per heavy atom. The minimum absolute atomic E-state index is 0.206. The molecule has 1 aromatic carbocycles. The van der Waals surface area contributed by atoms with E-state index in [1.165, 1.54) is 6.07 Å². The summed E-state index contributed by atoms with van der Waals surface area (Å²) in [6, 6.07) is 4.69. The van der Waals surface area contributed by atoms with Crippen LogP contribution in [0, 0.1) is 18.7 Å². The van der Waals surface area contributed by atoms with Crippen molar-refractivity contribution in [2.24, 2.45) is 11.7 Å². The summed E-state index contributed by atoms with van der Waals surface area (Å²) in [6.07, 6.45) is 3.46. The van der Waals surface area contributed by atoms with Gasteiger partial charge >= 0.3 is 0 Å². The molecule has 1 aliphatic carbocycles. The zero-order valence-electron chi connectivity index (χ0n) is 11.5. The van der Waals surface area contributed by atoms with Crippen molar-refractivity contribution < 1.29 is 9.18 Å². The van der Waals surface area contributed by atoms with Gasteiger partial charge in [0.05, 0.1) is 5.54 Å². The summed E-state index contributed by atoms with van der Waals surface area (Å²) in [5.74, 6) is -0.0672. The van der Waals surface area contributed by atoms with Crippen LogP contribution in [0.1, 0.15) is 38.2 Å². The second kappa shape index (κ2) is 5.29. The molecule has 4 heteroatoms. The number of anilines is 1. The van der Waals surface area contributed by atoms with Crippen LogP contribution in [0.25, 0.3) is 0 Å². The molecule has 19 heavy (non-hydrogen) atoms. The molecule has 0 spiro atoms. The Bertz CT molecular complexity index is 489. The molecule has 2 atom stereocenters. The van der Waals surface area contributed by atoms with Gasteiger partial charge in [-0.15, -0.1) is 0 Å². The fourth-order valence-corrected chi connectivity index (χ4v) is 2.72. The Labute approximate surface area is 113 Å². The van der Waals surface area contributed by atoms with Crippen LogP contribution in [-0.2, 0) is 4.79 Å². The van der Waals surface area contributed by atoms with E-state index in [0.29, 0.717) is 30.0 Å². The molecule has 0 heterocycles. The average molecular weight is 264 g/mol. The van der Waals surface area contributed by atoms with E-state index in [-0.39, 0.29) is 11.7 Å². The van der Waals surface area contributed by atoms with Gasteiger partial charge in [0.15, 0.2) is 0 Å². The van der Waals surface area contributed by atoms with Crippen LogP contribution in [0.4, 0.5) is 10.1 Å². The van der Waals surface area contributed by atoms with Crippen molar-refractivity contribution in [1.82, 2.24) is 0 Å². The monoisotopic (exact) mass is 264 g/mol. The lowest BCUT2D eigenvalue weighted by atomic mass is 9.76. The van der Waals surface area contributed by atoms with Crippen molar-refractivity contribution in [3.63, 3.8) is 0 Å². The van der Waals surface area contributed by atoms with Gasteiger partial charge in [-0.05, 0) is 43.4 Å². The van der Waals surface area contributed by atoms with Gasteiger partial charge in [0, 0.05) is 5.69 Å². The molecule has 3 nitrogen and oxygen atoms in total. The zero-order valence-corrected chi connectivity index (χ0v) is 11.5. The number of hydrogen-bond donors (Lipinski definition) is 2. The third-order valence-corrected chi connectivity index (χ3v) is 3.91. The first-order valence-electron chi connectivity index (χ1n) is 6.77. The van der Waals surface area contributed by atoms with Crippen molar-refractivity contribution in [3.05, 3.63) is 29.6 Å². The maximum absolute atomic E-state index is 13.4. The third kappa shape index (κ3) is 3.13. The fraction of sp³-hybridized carbons (Fsp3) is 0.533. The molecule has 0 saturated heterocycles. The standard InChI is InChI=1S/C15H21FN2O/c1-10-4-3-7-15(17,9-10)14(19)18-12-6-5-11(2)13(16)8-12/h5-6,8,10H,3-4,7,9,17H2,1-2H3,(H,18,19). The van der Waals surface area contributed by atoms with Gasteiger partial charge in [0.25, 0.3) is 0 Å². The molecule has 1 saturated carbocycles. The minimum atomic E-state index is -0.820. The second-order valence-electron chi connectivity index (χ2n) is 5.78. The summed E-state index contributed by atoms with van der Waals surface area (Å²) in [7, 11) is 0. The van der Waals surface area contributed by atoms with E-state index in [2.05, 4.69) is 12.2 Å². The van der Waals surface area contributed by atoms with E-state index in [0.717, 1.165) is 12.8 Å². The van der Waals surface area contributed by atoms with Crippen LogP contribution in [0.15, 0.2) is 18.2 Å². The number of amides is 1. The molecule has 1 aromatic rings. The topological polar surface area (TPSA) is 55.1 Å². The van der Waals surface area contributed by atoms with E-state index in [1.807, 2.05) is 0 Å². The molecular weight excluding hydrogens is 243 g/mol. The van der Waals surface area contributed by atoms with Gasteiger partial charge in [0.1, 0.15) is 5.82 Å². The maximum atomic E-state index is 13.4. The largest absolute Gasteiger partial charge is 0.324 e. The quantitative estimate of drug-likeness (QED) is 0.862. The molecule has 2 unspecified atom stereocenters. The summed E-state index contributed by atoms with van der Waals surface area (Å²) in [4.78, 5) is 12.3. The highest BCUT2D eigenvalue weighted by molar-refractivity contribution is 5.98. The van der Waals surface area contributed by atoms with Crippen LogP contribution in [0.5, 0.6) is 0 Å². The molecule has 3 N–H and O–H groups in total. The lowest BCUT2D eigenvalue weighted by Crippen LogP contribution is -2.53. The lowest BCUT2D eigenvalue weighted by molar-refractivity contribution is -0.122. The van der Waals surface area contributed by atoms with E-state index in [4.69, 9.17) is 5.73 Å². The predicted molar refractivity (Wildman–Crippen MR) is 74.3 cm³/mol. The van der Waals surface area contributed by atoms with Crippen LogP contribution in [-0.4, -0.2) is 11.4 Å². The number of nitrogens with one attached hydrogen (secondary N) is 1. The highest BCUT2D eigenvalue weighted by Gasteiger charge is 2.37. The van der Waals surface area contributed by atoms with Crippen LogP contribution in [0.2, 0.25) is 0 Å². The molecule has 1 amide bonds. The van der Waals surface area contributed by atoms with Gasteiger partial charge in [-0.2, -0.15) is 0 Å². The molecule has 0 bridgehead atoms. The molecule has 1 fully saturated rings. The number of aryl methyl sites for hydroxylation is 1. The van der Waals surface area contributed by atoms with Crippen molar-refractivity contribution in [3.8, 4) is 0 Å². The molecular formula is C15H21FN2O. The molecule has 0 aromatic heterocycles. The first-order chi connectivity index (χ1) is 8.90. The number of hydrogen-bond acceptors (Lipinski definition) is 2. The van der Waals surface area contributed by atoms with Crippen LogP contribution < -0.4 is 11.1 Å². The minimum Gasteiger partial charge on any atom is -0.324 e. The number of benzene rings is 1. The lowest BCUT2D eigenvalue weighted by Gasteiger charge is -2.35. The van der Waals surface area contributed by atoms with Crippen molar-refractivity contribution in [1.29, 1.82) is 0 Å². The number of carbonyl (C=O) groups is 1. The Morgan fingerprint density at radius 2 is 2.26 bits per heavy atom. The van der Waals surface area contributed by atoms with E-state index < -0.39 is 5.54 Å². The highest BCUT2D eigenvalue weighted by Crippen LogP contribution is 2.31. The number of nitrogens with two attached hydrogens (primary N) is 1. The normalized spacial score (nSPS) is 27.1. The number of rotatable bonds is 2. The van der Waals surface area contributed by atoms with Crippen molar-refractivity contribution in [2.75, 3.05) is 5.32 Å². The molecule has 2 rings (SSSR count). The highest BCUT2D eigenvalue weighted by atomic mass is 19.1. The van der Waals surface area contributed by atoms with E-state index in [1.54, 1.807) is 19.1 Å². The molecule has 0 radical (unpaired) electrons. The van der Waals surface area contributed by atoms with Gasteiger partial charge in [0.2, 0.25) is 5.91 Å². The maximum Gasteiger partial charge on any atom is 0.244 e. The summed E-state index contributed by atoms with van der Waals surface area (Å²) in [5.41, 5.74) is 6.41. The first-order valence-corrected chi connectivity index (χ1v) is 6.77. The Kier molecular flexibility index (Phi) is 3.90. The van der Waals surface area contributed by atoms with Gasteiger partial charge < -0.3 is 11.1 Å². The van der Waals surface area contributed by atoms with Crippen LogP contribution >= 0.6 is 0 Å². The first kappa shape index (κ1) is 14.0. The number of halogens is 1. The smallest absolute Gasteiger partial charge is 0.244 e. The second-order valence-corrected chi connectivity index (χ2v) is 5.78.